The number of dihydropyridines is 1. The topological polar surface area (TPSA) is 76.5 Å². The van der Waals surface area contributed by atoms with Crippen LogP contribution in [0.5, 0.6) is 5.88 Å². The number of methoxy groups -OCH3 is 1. The maximum Gasteiger partial charge on any atom is 0.241 e. The Morgan fingerprint density at radius 1 is 1.50 bits per heavy atom. The van der Waals surface area contributed by atoms with Gasteiger partial charge in [0.25, 0.3) is 0 Å². The van der Waals surface area contributed by atoms with Gasteiger partial charge in [-0.15, -0.1) is 0 Å². The third-order valence-corrected chi connectivity index (χ3v) is 4.02. The summed E-state index contributed by atoms with van der Waals surface area (Å²) in [5.74, 6) is 0.462. The van der Waals surface area contributed by atoms with Crippen LogP contribution in [0.2, 0.25) is 0 Å². The van der Waals surface area contributed by atoms with Crippen molar-refractivity contribution >= 4 is 44.9 Å². The van der Waals surface area contributed by atoms with Crippen molar-refractivity contribution in [2.24, 2.45) is 4.99 Å². The highest BCUT2D eigenvalue weighted by Gasteiger charge is 2.17. The largest absolute Gasteiger partial charge is 0.479 e. The molecule has 0 saturated heterocycles. The monoisotopic (exact) mass is 288 g/mol. The van der Waals surface area contributed by atoms with Gasteiger partial charge in [0.1, 0.15) is 5.52 Å². The predicted octanol–water partition coefficient (Wildman–Crippen LogP) is 2.13. The van der Waals surface area contributed by atoms with Crippen LogP contribution >= 0.6 is 11.3 Å². The molecule has 0 saturated carbocycles. The van der Waals surface area contributed by atoms with Crippen LogP contribution in [0, 0.1) is 0 Å². The number of fused-ring (bicyclic) bond motifs is 1. The van der Waals surface area contributed by atoms with Gasteiger partial charge in [-0.2, -0.15) is 0 Å². The fraction of sp³-hybridized carbons (Fsp3) is 0.231. The second kappa shape index (κ2) is 5.38. The fourth-order valence-electron chi connectivity index (χ4n) is 2.09. The van der Waals surface area contributed by atoms with Gasteiger partial charge in [0.15, 0.2) is 5.13 Å². The Kier molecular flexibility index (Phi) is 3.42. The lowest BCUT2D eigenvalue weighted by Gasteiger charge is -2.10. The predicted molar refractivity (Wildman–Crippen MR) is 79.6 cm³/mol. The number of ether oxygens (including phenoxy) is 1. The quantitative estimate of drug-likeness (QED) is 0.874. The molecule has 1 aliphatic heterocycles. The van der Waals surface area contributed by atoms with E-state index in [9.17, 15) is 4.79 Å². The van der Waals surface area contributed by atoms with Crippen LogP contribution in [0.1, 0.15) is 12.0 Å². The van der Waals surface area contributed by atoms with Crippen LogP contribution < -0.4 is 10.1 Å². The van der Waals surface area contributed by atoms with Gasteiger partial charge in [-0.3, -0.25) is 9.79 Å². The van der Waals surface area contributed by atoms with Crippen LogP contribution in [-0.4, -0.2) is 36.2 Å². The summed E-state index contributed by atoms with van der Waals surface area (Å²) in [6.07, 6.45) is 7.06. The number of aliphatic imine (C=N–C) groups is 1. The number of pyridine rings is 1. The van der Waals surface area contributed by atoms with E-state index in [0.29, 0.717) is 22.9 Å². The maximum atomic E-state index is 10.6. The average molecular weight is 288 g/mol. The van der Waals surface area contributed by atoms with Crippen LogP contribution in [0.4, 0.5) is 5.13 Å². The average Bonchev–Trinajstić information content (AvgIpc) is 2.91. The minimum absolute atomic E-state index is 0.462. The Labute approximate surface area is 119 Å². The first-order chi connectivity index (χ1) is 9.83. The van der Waals surface area contributed by atoms with Crippen molar-refractivity contribution in [3.8, 4) is 5.88 Å². The third-order valence-electron chi connectivity index (χ3n) is 3.00. The molecule has 102 valence electrons. The summed E-state index contributed by atoms with van der Waals surface area (Å²) >= 11 is 1.41. The van der Waals surface area contributed by atoms with Crippen molar-refractivity contribution in [2.75, 3.05) is 19.0 Å². The van der Waals surface area contributed by atoms with E-state index in [4.69, 9.17) is 4.74 Å². The number of thiazole rings is 1. The molecule has 0 aromatic carbocycles. The number of hydrogen-bond acceptors (Lipinski definition) is 6. The Morgan fingerprint density at radius 3 is 3.10 bits per heavy atom. The highest BCUT2D eigenvalue weighted by atomic mass is 32.1. The third kappa shape index (κ3) is 2.16. The summed E-state index contributed by atoms with van der Waals surface area (Å²) in [4.78, 5) is 23.4. The van der Waals surface area contributed by atoms with Gasteiger partial charge < -0.3 is 10.1 Å². The summed E-state index contributed by atoms with van der Waals surface area (Å²) in [6.45, 7) is 0.775. The zero-order valence-electron chi connectivity index (χ0n) is 10.8. The van der Waals surface area contributed by atoms with E-state index >= 15 is 0 Å². The molecule has 2 aromatic heterocycles. The molecule has 0 fully saturated rings. The number of carbonyl (C=O) groups excluding carboxylic acids is 1. The maximum absolute atomic E-state index is 10.6. The second-order valence-electron chi connectivity index (χ2n) is 4.14. The molecule has 3 rings (SSSR count). The van der Waals surface area contributed by atoms with E-state index in [2.05, 4.69) is 20.3 Å². The van der Waals surface area contributed by atoms with Gasteiger partial charge in [0.2, 0.25) is 12.3 Å². The molecule has 1 aliphatic rings. The Balaban J connectivity index is 2.19. The highest BCUT2D eigenvalue weighted by Crippen LogP contribution is 2.37. The van der Waals surface area contributed by atoms with Crippen molar-refractivity contribution in [3.63, 3.8) is 0 Å². The van der Waals surface area contributed by atoms with E-state index in [-0.39, 0.29) is 0 Å². The summed E-state index contributed by atoms with van der Waals surface area (Å²) in [5.41, 5.74) is 2.85. The minimum Gasteiger partial charge on any atom is -0.479 e. The molecule has 0 unspecified atom stereocenters. The fourth-order valence-corrected chi connectivity index (χ4v) is 3.05. The van der Waals surface area contributed by atoms with E-state index in [1.165, 1.54) is 16.9 Å². The molecule has 0 radical (unpaired) electrons. The van der Waals surface area contributed by atoms with Crippen molar-refractivity contribution < 1.29 is 9.53 Å². The van der Waals surface area contributed by atoms with E-state index in [1.807, 2.05) is 6.08 Å². The first-order valence-electron chi connectivity index (χ1n) is 6.06. The molecule has 3 heterocycles. The normalized spacial score (nSPS) is 14.2. The number of carbonyl (C=O) groups is 1. The minimum atomic E-state index is 0.462. The molecule has 7 heteroatoms. The summed E-state index contributed by atoms with van der Waals surface area (Å²) in [5, 5.41) is 3.11. The SMILES string of the molecule is COc1ncc(C2=CC=NCC2)c2sc(NC=O)nc12. The lowest BCUT2D eigenvalue weighted by Crippen LogP contribution is -1.97. The Hall–Kier alpha value is -2.28. The zero-order chi connectivity index (χ0) is 13.9. The van der Waals surface area contributed by atoms with Crippen molar-refractivity contribution in [1.29, 1.82) is 0 Å². The smallest absolute Gasteiger partial charge is 0.241 e. The molecular formula is C13H12N4O2S. The molecule has 2 aromatic rings. The molecule has 6 nitrogen and oxygen atoms in total. The van der Waals surface area contributed by atoms with Crippen LogP contribution in [0.15, 0.2) is 17.3 Å². The highest BCUT2D eigenvalue weighted by molar-refractivity contribution is 7.22. The summed E-state index contributed by atoms with van der Waals surface area (Å²) < 4.78 is 6.19. The van der Waals surface area contributed by atoms with Crippen molar-refractivity contribution in [3.05, 3.63) is 17.8 Å². The molecule has 1 N–H and O–H groups in total. The molecule has 0 atom stereocenters. The number of nitrogens with zero attached hydrogens (tertiary/aromatic N) is 3. The number of amides is 1. The van der Waals surface area contributed by atoms with Crippen LogP contribution in [0.25, 0.3) is 15.8 Å². The molecule has 1 amide bonds. The lowest BCUT2D eigenvalue weighted by atomic mass is 10.0. The number of rotatable bonds is 4. The Morgan fingerprint density at radius 2 is 2.40 bits per heavy atom. The Bertz CT molecular complexity index is 720. The second-order valence-corrected chi connectivity index (χ2v) is 5.14. The standard InChI is InChI=1S/C13H12N4O2S/c1-19-12-10-11(20-13(17-10)16-7-18)9(6-15-12)8-2-4-14-5-3-8/h2,4,6-7H,3,5H2,1H3,(H,16,17,18). The van der Waals surface area contributed by atoms with E-state index in [0.717, 1.165) is 23.2 Å². The number of aromatic nitrogens is 2. The van der Waals surface area contributed by atoms with E-state index in [1.54, 1.807) is 19.5 Å². The van der Waals surface area contributed by atoms with Gasteiger partial charge in [0.05, 0.1) is 11.8 Å². The number of hydrogen-bond donors (Lipinski definition) is 1. The van der Waals surface area contributed by atoms with Gasteiger partial charge in [-0.1, -0.05) is 11.3 Å². The lowest BCUT2D eigenvalue weighted by molar-refractivity contribution is -0.105. The van der Waals surface area contributed by atoms with Crippen LogP contribution in [-0.2, 0) is 4.79 Å². The van der Waals surface area contributed by atoms with Crippen LogP contribution in [0.3, 0.4) is 0 Å². The van der Waals surface area contributed by atoms with Crippen molar-refractivity contribution in [1.82, 2.24) is 9.97 Å². The van der Waals surface area contributed by atoms with Gasteiger partial charge in [-0.05, 0) is 18.1 Å². The zero-order valence-corrected chi connectivity index (χ0v) is 11.6. The number of anilines is 1. The first kappa shape index (κ1) is 12.7. The first-order valence-corrected chi connectivity index (χ1v) is 6.88. The summed E-state index contributed by atoms with van der Waals surface area (Å²) in [6, 6.07) is 0. The number of allylic oxidation sites excluding steroid dienone is 1. The molecule has 0 bridgehead atoms. The molecule has 0 aliphatic carbocycles. The van der Waals surface area contributed by atoms with Gasteiger partial charge >= 0.3 is 0 Å². The van der Waals surface area contributed by atoms with Crippen molar-refractivity contribution in [2.45, 2.75) is 6.42 Å². The molecule has 0 spiro atoms. The molecule has 20 heavy (non-hydrogen) atoms. The summed E-state index contributed by atoms with van der Waals surface area (Å²) in [7, 11) is 1.56. The molecular weight excluding hydrogens is 276 g/mol. The van der Waals surface area contributed by atoms with Gasteiger partial charge in [-0.25, -0.2) is 9.97 Å². The van der Waals surface area contributed by atoms with E-state index < -0.39 is 0 Å². The van der Waals surface area contributed by atoms with Gasteiger partial charge in [0, 0.05) is 24.5 Å². The number of nitrogens with one attached hydrogen (secondary N) is 1.